The molecular weight excluding hydrogens is 369 g/mol. The van der Waals surface area contributed by atoms with Gasteiger partial charge in [-0.3, -0.25) is 0 Å². The first-order valence-electron chi connectivity index (χ1n) is 8.27. The third-order valence-corrected chi connectivity index (χ3v) is 6.33. The van der Waals surface area contributed by atoms with Crippen LogP contribution in [0.5, 0.6) is 0 Å². The average Bonchev–Trinajstić information content (AvgIpc) is 2.61. The van der Waals surface area contributed by atoms with Gasteiger partial charge in [0, 0.05) is 0 Å². The zero-order valence-electron chi connectivity index (χ0n) is 13.7. The summed E-state index contributed by atoms with van der Waals surface area (Å²) < 4.78 is 1.34. The van der Waals surface area contributed by atoms with E-state index in [0.29, 0.717) is 20.1 Å². The molecule has 0 bridgehead atoms. The van der Waals surface area contributed by atoms with Gasteiger partial charge in [-0.1, -0.05) is 0 Å². The Morgan fingerprint density at radius 3 is 2.48 bits per heavy atom. The molecule has 23 heavy (non-hydrogen) atoms. The molecule has 0 heterocycles. The van der Waals surface area contributed by atoms with E-state index >= 15 is 0 Å². The Morgan fingerprint density at radius 2 is 1.70 bits per heavy atom. The van der Waals surface area contributed by atoms with Gasteiger partial charge in [-0.25, -0.2) is 0 Å². The summed E-state index contributed by atoms with van der Waals surface area (Å²) in [4.78, 5) is 4.57. The van der Waals surface area contributed by atoms with E-state index in [0.717, 1.165) is 23.8 Å². The first-order valence-corrected chi connectivity index (χ1v) is 10.7. The molecule has 2 aromatic rings. The predicted octanol–water partition coefficient (Wildman–Crippen LogP) is 4.78. The van der Waals surface area contributed by atoms with Crippen LogP contribution in [0.1, 0.15) is 43.7 Å². The molecule has 0 amide bonds. The summed E-state index contributed by atoms with van der Waals surface area (Å²) in [5, 5.41) is 1.76. The molecule has 0 aliphatic carbocycles. The summed E-state index contributed by atoms with van der Waals surface area (Å²) in [6.45, 7) is 3.06. The van der Waals surface area contributed by atoms with Crippen LogP contribution in [0.4, 0.5) is 0 Å². The van der Waals surface area contributed by atoms with Crippen molar-refractivity contribution in [3.63, 3.8) is 0 Å². The molecular formula is C20H24ClNSe. The van der Waals surface area contributed by atoms with Gasteiger partial charge < -0.3 is 0 Å². The van der Waals surface area contributed by atoms with Gasteiger partial charge in [-0.2, -0.15) is 0 Å². The predicted molar refractivity (Wildman–Crippen MR) is 103 cm³/mol. The number of nitrogens with zero attached hydrogens (tertiary/aromatic N) is 1. The zero-order chi connectivity index (χ0) is 16.3. The molecule has 0 spiro atoms. The molecule has 0 radical (unpaired) electrons. The van der Waals surface area contributed by atoms with E-state index in [1.54, 1.807) is 0 Å². The summed E-state index contributed by atoms with van der Waals surface area (Å²) in [5.74, 6) is 0. The third-order valence-electron chi connectivity index (χ3n) is 3.61. The summed E-state index contributed by atoms with van der Waals surface area (Å²) in [6, 6.07) is 19.1. The molecule has 2 rings (SSSR count). The number of hydrogen-bond acceptors (Lipinski definition) is 1. The summed E-state index contributed by atoms with van der Waals surface area (Å²) in [6.07, 6.45) is 4.90. The number of benzene rings is 2. The molecule has 0 aliphatic heterocycles. The summed E-state index contributed by atoms with van der Waals surface area (Å²) in [7, 11) is 0. The second kappa shape index (κ2) is 10.6. The third kappa shape index (κ3) is 6.51. The van der Waals surface area contributed by atoms with Crippen LogP contribution in [0.25, 0.3) is 0 Å². The summed E-state index contributed by atoms with van der Waals surface area (Å²) in [5.41, 5.74) is 2.50. The van der Waals surface area contributed by atoms with E-state index in [1.165, 1.54) is 29.3 Å². The van der Waals surface area contributed by atoms with Crippen LogP contribution in [-0.4, -0.2) is 26.7 Å². The van der Waals surface area contributed by atoms with Crippen molar-refractivity contribution in [1.82, 2.24) is 0 Å². The van der Waals surface area contributed by atoms with Gasteiger partial charge in [-0.15, -0.1) is 0 Å². The molecule has 0 aromatic heterocycles. The molecule has 0 unspecified atom stereocenters. The van der Waals surface area contributed by atoms with E-state index in [2.05, 4.69) is 60.4 Å². The standard InChI is InChI=1S/C20H24ClNSe/c1-2-3-4-10-15-22-20(21)18-13-8-9-14-19(18)23-16-17-11-6-5-7-12-17/h5-9,11-14H,2-4,10,15-16H2,1H3. The fourth-order valence-corrected chi connectivity index (χ4v) is 4.79. The Labute approximate surface area is 151 Å². The maximum atomic E-state index is 6.47. The van der Waals surface area contributed by atoms with Crippen LogP contribution in [0.15, 0.2) is 59.6 Å². The van der Waals surface area contributed by atoms with Crippen molar-refractivity contribution in [2.45, 2.75) is 37.9 Å². The fourth-order valence-electron chi connectivity index (χ4n) is 2.30. The second-order valence-electron chi connectivity index (χ2n) is 5.50. The van der Waals surface area contributed by atoms with Crippen LogP contribution in [0, 0.1) is 0 Å². The molecule has 0 aliphatic rings. The van der Waals surface area contributed by atoms with Crippen molar-refractivity contribution >= 4 is 36.2 Å². The normalized spacial score (nSPS) is 11.7. The SMILES string of the molecule is CCCCCCN=C(Cl)c1ccccc1[Se]Cc1ccccc1. The molecule has 122 valence electrons. The zero-order valence-corrected chi connectivity index (χ0v) is 16.1. The van der Waals surface area contributed by atoms with Crippen molar-refractivity contribution in [3.8, 4) is 0 Å². The minimum absolute atomic E-state index is 0.371. The Balaban J connectivity index is 1.97. The second-order valence-corrected chi connectivity index (χ2v) is 8.00. The average molecular weight is 393 g/mol. The van der Waals surface area contributed by atoms with Gasteiger partial charge in [0.1, 0.15) is 0 Å². The van der Waals surface area contributed by atoms with Gasteiger partial charge >= 0.3 is 151 Å². The van der Waals surface area contributed by atoms with Crippen molar-refractivity contribution in [2.24, 2.45) is 4.99 Å². The van der Waals surface area contributed by atoms with Gasteiger partial charge in [0.15, 0.2) is 0 Å². The van der Waals surface area contributed by atoms with E-state index in [1.807, 2.05) is 6.07 Å². The molecule has 0 saturated heterocycles. The van der Waals surface area contributed by atoms with Crippen LogP contribution in [0.2, 0.25) is 0 Å². The van der Waals surface area contributed by atoms with E-state index in [9.17, 15) is 0 Å². The fraction of sp³-hybridized carbons (Fsp3) is 0.350. The number of halogens is 1. The van der Waals surface area contributed by atoms with Gasteiger partial charge in [0.25, 0.3) is 0 Å². The number of rotatable bonds is 9. The van der Waals surface area contributed by atoms with Crippen molar-refractivity contribution in [2.75, 3.05) is 6.54 Å². The Morgan fingerprint density at radius 1 is 0.957 bits per heavy atom. The van der Waals surface area contributed by atoms with E-state index < -0.39 is 0 Å². The minimum atomic E-state index is 0.371. The van der Waals surface area contributed by atoms with Crippen molar-refractivity contribution < 1.29 is 0 Å². The summed E-state index contributed by atoms with van der Waals surface area (Å²) >= 11 is 6.84. The Kier molecular flexibility index (Phi) is 8.45. The van der Waals surface area contributed by atoms with Crippen LogP contribution < -0.4 is 4.46 Å². The molecule has 0 atom stereocenters. The van der Waals surface area contributed by atoms with Gasteiger partial charge in [0.2, 0.25) is 0 Å². The molecule has 0 saturated carbocycles. The first-order chi connectivity index (χ1) is 11.3. The first kappa shape index (κ1) is 18.3. The van der Waals surface area contributed by atoms with Crippen molar-refractivity contribution in [3.05, 3.63) is 65.7 Å². The molecule has 3 heteroatoms. The van der Waals surface area contributed by atoms with E-state index in [4.69, 9.17) is 11.6 Å². The number of unbranched alkanes of at least 4 members (excludes halogenated alkanes) is 3. The Hall–Kier alpha value is -1.08. The van der Waals surface area contributed by atoms with Crippen LogP contribution in [0.3, 0.4) is 0 Å². The van der Waals surface area contributed by atoms with Crippen LogP contribution in [-0.2, 0) is 5.32 Å². The molecule has 2 aromatic carbocycles. The van der Waals surface area contributed by atoms with Gasteiger partial charge in [0.05, 0.1) is 0 Å². The van der Waals surface area contributed by atoms with E-state index in [-0.39, 0.29) is 0 Å². The molecule has 0 N–H and O–H groups in total. The Bertz CT molecular complexity index is 610. The number of aliphatic imine (C=N–C) groups is 1. The maximum absolute atomic E-state index is 6.47. The quantitative estimate of drug-likeness (QED) is 0.331. The molecule has 1 nitrogen and oxygen atoms in total. The topological polar surface area (TPSA) is 12.4 Å². The van der Waals surface area contributed by atoms with Crippen molar-refractivity contribution in [1.29, 1.82) is 0 Å². The van der Waals surface area contributed by atoms with Crippen LogP contribution >= 0.6 is 11.6 Å². The molecule has 0 fully saturated rings. The number of hydrogen-bond donors (Lipinski definition) is 0. The monoisotopic (exact) mass is 393 g/mol. The van der Waals surface area contributed by atoms with Gasteiger partial charge in [-0.05, 0) is 0 Å².